The molecule has 0 N–H and O–H groups in total. The van der Waals surface area contributed by atoms with Crippen molar-refractivity contribution in [3.05, 3.63) is 114 Å². The van der Waals surface area contributed by atoms with Crippen molar-refractivity contribution in [1.29, 1.82) is 0 Å². The normalized spacial score (nSPS) is 14.0. The Bertz CT molecular complexity index is 1600. The molecule has 0 unspecified atom stereocenters. The minimum atomic E-state index is 0.437. The maximum absolute atomic E-state index is 2.39. The molecule has 190 valence electrons. The van der Waals surface area contributed by atoms with E-state index in [0.717, 1.165) is 5.92 Å². The van der Waals surface area contributed by atoms with E-state index < -0.39 is 0 Å². The summed E-state index contributed by atoms with van der Waals surface area (Å²) in [6.07, 6.45) is 7.79. The zero-order valence-electron chi connectivity index (χ0n) is 23.2. The van der Waals surface area contributed by atoms with Gasteiger partial charge in [0.15, 0.2) is 6.20 Å². The first kappa shape index (κ1) is 24.6. The van der Waals surface area contributed by atoms with Crippen LogP contribution < -0.4 is 4.57 Å². The highest BCUT2D eigenvalue weighted by Crippen LogP contribution is 2.37. The molecule has 38 heavy (non-hydrogen) atoms. The lowest BCUT2D eigenvalue weighted by Gasteiger charge is -2.15. The van der Waals surface area contributed by atoms with Gasteiger partial charge < -0.3 is 0 Å². The van der Waals surface area contributed by atoms with Gasteiger partial charge in [0.25, 0.3) is 0 Å². The second kappa shape index (κ2) is 10.2. The average Bonchev–Trinajstić information content (AvgIpc) is 3.48. The number of hydrogen-bond acceptors (Lipinski definition) is 0. The molecule has 1 nitrogen and oxygen atoms in total. The van der Waals surface area contributed by atoms with Crippen molar-refractivity contribution in [3.63, 3.8) is 0 Å². The predicted octanol–water partition coefficient (Wildman–Crippen LogP) is 9.75. The second-order valence-electron chi connectivity index (χ2n) is 11.5. The molecule has 0 atom stereocenters. The van der Waals surface area contributed by atoms with E-state index in [2.05, 4.69) is 130 Å². The summed E-state index contributed by atoms with van der Waals surface area (Å²) < 4.78 is 2.28. The van der Waals surface area contributed by atoms with Gasteiger partial charge in [-0.2, -0.15) is 0 Å². The molecule has 5 aromatic rings. The number of fused-ring (bicyclic) bond motifs is 1. The zero-order valence-corrected chi connectivity index (χ0v) is 23.2. The maximum Gasteiger partial charge on any atom is 0.213 e. The predicted molar refractivity (Wildman–Crippen MR) is 161 cm³/mol. The van der Waals surface area contributed by atoms with Crippen LogP contribution in [0.5, 0.6) is 0 Å². The van der Waals surface area contributed by atoms with Gasteiger partial charge in [0.05, 0.1) is 0 Å². The van der Waals surface area contributed by atoms with Gasteiger partial charge in [0.1, 0.15) is 7.05 Å². The van der Waals surface area contributed by atoms with Crippen LogP contribution in [0.2, 0.25) is 0 Å². The highest BCUT2D eigenvalue weighted by Gasteiger charge is 2.20. The van der Waals surface area contributed by atoms with E-state index in [-0.39, 0.29) is 0 Å². The van der Waals surface area contributed by atoms with Crippen LogP contribution in [0, 0.1) is 6.92 Å². The highest BCUT2D eigenvalue weighted by molar-refractivity contribution is 5.91. The molecule has 0 amide bonds. The lowest BCUT2D eigenvalue weighted by molar-refractivity contribution is -0.660. The fourth-order valence-corrected chi connectivity index (χ4v) is 6.31. The topological polar surface area (TPSA) is 3.88 Å². The van der Waals surface area contributed by atoms with E-state index in [9.17, 15) is 0 Å². The van der Waals surface area contributed by atoms with Gasteiger partial charge in [0, 0.05) is 17.2 Å². The molecule has 1 saturated carbocycles. The molecule has 0 saturated heterocycles. The third-order valence-corrected chi connectivity index (χ3v) is 8.57. The monoisotopic (exact) mass is 496 g/mol. The molecular formula is C37H38N+. The Hall–Kier alpha value is -3.71. The van der Waals surface area contributed by atoms with E-state index in [1.807, 2.05) is 0 Å². The van der Waals surface area contributed by atoms with Crippen LogP contribution in [-0.2, 0) is 7.05 Å². The molecule has 1 aromatic heterocycles. The van der Waals surface area contributed by atoms with Crippen LogP contribution in [-0.4, -0.2) is 0 Å². The number of benzene rings is 4. The Kier molecular flexibility index (Phi) is 6.62. The lowest BCUT2D eigenvalue weighted by Crippen LogP contribution is -2.32. The molecule has 0 aliphatic heterocycles. The third kappa shape index (κ3) is 4.67. The van der Waals surface area contributed by atoms with Crippen LogP contribution in [0.1, 0.15) is 68.1 Å². The van der Waals surface area contributed by atoms with Crippen LogP contribution in [0.25, 0.3) is 44.3 Å². The smallest absolute Gasteiger partial charge is 0.201 e. The first-order chi connectivity index (χ1) is 18.5. The third-order valence-electron chi connectivity index (χ3n) is 8.57. The van der Waals surface area contributed by atoms with Gasteiger partial charge in [-0.25, -0.2) is 4.57 Å². The van der Waals surface area contributed by atoms with Crippen LogP contribution >= 0.6 is 0 Å². The van der Waals surface area contributed by atoms with Crippen molar-refractivity contribution in [3.8, 4) is 33.5 Å². The minimum absolute atomic E-state index is 0.437. The van der Waals surface area contributed by atoms with Gasteiger partial charge in [-0.1, -0.05) is 93.4 Å². The number of aryl methyl sites for hydroxylation is 2. The Morgan fingerprint density at radius 3 is 2.00 bits per heavy atom. The number of hydrogen-bond donors (Lipinski definition) is 0. The summed E-state index contributed by atoms with van der Waals surface area (Å²) in [5.41, 5.74) is 11.9. The molecule has 0 bridgehead atoms. The average molecular weight is 497 g/mol. The Balaban J connectivity index is 1.38. The first-order valence-corrected chi connectivity index (χ1v) is 14.2. The first-order valence-electron chi connectivity index (χ1n) is 14.2. The molecule has 1 aliphatic rings. The highest BCUT2D eigenvalue weighted by atomic mass is 14.9. The molecule has 1 heteroatoms. The van der Waals surface area contributed by atoms with Crippen LogP contribution in [0.3, 0.4) is 0 Å². The zero-order chi connectivity index (χ0) is 26.2. The van der Waals surface area contributed by atoms with Crippen molar-refractivity contribution >= 4 is 10.8 Å². The molecule has 1 heterocycles. The fraction of sp³-hybridized carbons (Fsp3) is 0.270. The van der Waals surface area contributed by atoms with Crippen LogP contribution in [0.4, 0.5) is 0 Å². The number of aromatic nitrogens is 1. The number of rotatable bonds is 5. The van der Waals surface area contributed by atoms with Crippen molar-refractivity contribution < 1.29 is 4.57 Å². The van der Waals surface area contributed by atoms with Crippen LogP contribution in [0.15, 0.2) is 97.2 Å². The molecule has 4 aromatic carbocycles. The molecule has 6 rings (SSSR count). The molecule has 0 spiro atoms. The standard InChI is InChI=1S/C37H38N/c1-25(2)36-24-38(4)37(34-12-8-5-9-26(34)3)23-35(36)33-20-19-31-21-30(17-18-32(31)22-33)29-15-13-28(14-16-29)27-10-6-7-11-27/h5,8-9,12-25,27H,6-7,10-11H2,1-4H3/q+1. The van der Waals surface area contributed by atoms with E-state index in [4.69, 9.17) is 0 Å². The van der Waals surface area contributed by atoms with Gasteiger partial charge in [0.2, 0.25) is 5.69 Å². The largest absolute Gasteiger partial charge is 0.213 e. The van der Waals surface area contributed by atoms with E-state index in [1.165, 1.54) is 86.7 Å². The fourth-order valence-electron chi connectivity index (χ4n) is 6.31. The quantitative estimate of drug-likeness (QED) is 0.213. The molecule has 0 radical (unpaired) electrons. The van der Waals surface area contributed by atoms with Crippen molar-refractivity contribution in [2.75, 3.05) is 0 Å². The van der Waals surface area contributed by atoms with Gasteiger partial charge in [-0.3, -0.25) is 0 Å². The Morgan fingerprint density at radius 2 is 1.32 bits per heavy atom. The summed E-state index contributed by atoms with van der Waals surface area (Å²) in [7, 11) is 2.17. The van der Waals surface area contributed by atoms with E-state index >= 15 is 0 Å². The van der Waals surface area contributed by atoms with Gasteiger partial charge in [-0.05, 0) is 94.0 Å². The SMILES string of the molecule is Cc1ccccc1-c1cc(-c2ccc3cc(-c4ccc(C5CCCC5)cc4)ccc3c2)c(C(C)C)c[n+]1C. The van der Waals surface area contributed by atoms with Crippen molar-refractivity contribution in [2.24, 2.45) is 7.05 Å². The second-order valence-corrected chi connectivity index (χ2v) is 11.5. The molecular weight excluding hydrogens is 458 g/mol. The number of nitrogens with zero attached hydrogens (tertiary/aromatic N) is 1. The summed E-state index contributed by atoms with van der Waals surface area (Å²) in [5.74, 6) is 1.20. The molecule has 1 aliphatic carbocycles. The lowest BCUT2D eigenvalue weighted by atomic mass is 9.90. The maximum atomic E-state index is 2.39. The number of pyridine rings is 1. The summed E-state index contributed by atoms with van der Waals surface area (Å²) in [5, 5.41) is 2.58. The molecule has 1 fully saturated rings. The summed E-state index contributed by atoms with van der Waals surface area (Å²) in [4.78, 5) is 0. The summed E-state index contributed by atoms with van der Waals surface area (Å²) >= 11 is 0. The van der Waals surface area contributed by atoms with E-state index in [0.29, 0.717) is 5.92 Å². The Labute approximate surface area is 227 Å². The summed E-state index contributed by atoms with van der Waals surface area (Å²) in [6, 6.07) is 34.3. The minimum Gasteiger partial charge on any atom is -0.201 e. The van der Waals surface area contributed by atoms with Gasteiger partial charge >= 0.3 is 0 Å². The van der Waals surface area contributed by atoms with Gasteiger partial charge in [-0.15, -0.1) is 0 Å². The van der Waals surface area contributed by atoms with E-state index in [1.54, 1.807) is 0 Å². The van der Waals surface area contributed by atoms with Crippen molar-refractivity contribution in [1.82, 2.24) is 0 Å². The summed E-state index contributed by atoms with van der Waals surface area (Å²) in [6.45, 7) is 6.77. The Morgan fingerprint density at radius 1 is 0.684 bits per heavy atom. The van der Waals surface area contributed by atoms with Crippen molar-refractivity contribution in [2.45, 2.75) is 58.3 Å².